The molecule has 0 aromatic carbocycles. The Morgan fingerprint density at radius 3 is 3.07 bits per heavy atom. The molecule has 80 valence electrons. The van der Waals surface area contributed by atoms with Crippen molar-refractivity contribution in [2.45, 2.75) is 32.3 Å². The second-order valence-corrected chi connectivity index (χ2v) is 3.28. The van der Waals surface area contributed by atoms with Gasteiger partial charge in [-0.05, 0) is 31.9 Å². The topological polar surface area (TPSA) is 42.6 Å². The average Bonchev–Trinajstić information content (AvgIpc) is 2.65. The molecule has 0 fully saturated rings. The number of hydrogen-bond acceptors (Lipinski definition) is 3. The summed E-state index contributed by atoms with van der Waals surface area (Å²) in [6.45, 7) is 3.44. The molecule has 3 nitrogen and oxygen atoms in total. The smallest absolute Gasteiger partial charge is 0.106 e. The van der Waals surface area contributed by atoms with Gasteiger partial charge in [0.1, 0.15) is 5.76 Å². The maximum atomic E-state index is 9.60. The molecule has 1 rings (SSSR count). The third kappa shape index (κ3) is 4.44. The summed E-state index contributed by atoms with van der Waals surface area (Å²) in [6.07, 6.45) is 3.57. The van der Waals surface area contributed by atoms with E-state index in [0.29, 0.717) is 6.42 Å². The molecule has 0 amide bonds. The van der Waals surface area contributed by atoms with Crippen molar-refractivity contribution >= 4 is 0 Å². The lowest BCUT2D eigenvalue weighted by Gasteiger charge is -2.08. The summed E-state index contributed by atoms with van der Waals surface area (Å²) in [5.41, 5.74) is 0. The van der Waals surface area contributed by atoms with Gasteiger partial charge in [-0.25, -0.2) is 0 Å². The largest absolute Gasteiger partial charge is 0.469 e. The van der Waals surface area contributed by atoms with Gasteiger partial charge < -0.3 is 14.3 Å². The lowest BCUT2D eigenvalue weighted by molar-refractivity contribution is 0.112. The van der Waals surface area contributed by atoms with Gasteiger partial charge in [-0.2, -0.15) is 0 Å². The van der Waals surface area contributed by atoms with Crippen LogP contribution in [0, 0.1) is 0 Å². The Hall–Kier alpha value is -0.800. The first kappa shape index (κ1) is 11.3. The summed E-state index contributed by atoms with van der Waals surface area (Å²) < 4.78 is 10.3. The van der Waals surface area contributed by atoms with Crippen LogP contribution < -0.4 is 0 Å². The second-order valence-electron chi connectivity index (χ2n) is 3.28. The van der Waals surface area contributed by atoms with Crippen molar-refractivity contribution in [3.05, 3.63) is 24.2 Å². The summed E-state index contributed by atoms with van der Waals surface area (Å²) in [6, 6.07) is 3.72. The molecule has 0 aliphatic carbocycles. The highest BCUT2D eigenvalue weighted by Gasteiger charge is 2.06. The number of furan rings is 1. The molecule has 1 heterocycles. The van der Waals surface area contributed by atoms with Crippen LogP contribution in [0.3, 0.4) is 0 Å². The van der Waals surface area contributed by atoms with Crippen LogP contribution in [-0.2, 0) is 11.2 Å². The molecule has 0 aliphatic rings. The lowest BCUT2D eigenvalue weighted by Crippen LogP contribution is -2.11. The molecular formula is C11H18O3. The van der Waals surface area contributed by atoms with E-state index < -0.39 is 0 Å². The highest BCUT2D eigenvalue weighted by atomic mass is 16.5. The van der Waals surface area contributed by atoms with Crippen LogP contribution in [0.15, 0.2) is 22.8 Å². The minimum absolute atomic E-state index is 0.318. The normalized spacial score (nSPS) is 13.0. The summed E-state index contributed by atoms with van der Waals surface area (Å²) in [4.78, 5) is 0. The molecule has 1 atom stereocenters. The van der Waals surface area contributed by atoms with E-state index in [0.717, 1.165) is 31.8 Å². The fourth-order valence-electron chi connectivity index (χ4n) is 1.33. The Labute approximate surface area is 84.7 Å². The van der Waals surface area contributed by atoms with Crippen LogP contribution >= 0.6 is 0 Å². The molecule has 0 saturated carbocycles. The summed E-state index contributed by atoms with van der Waals surface area (Å²) in [5.74, 6) is 0.842. The van der Waals surface area contributed by atoms with Gasteiger partial charge in [0.25, 0.3) is 0 Å². The maximum Gasteiger partial charge on any atom is 0.106 e. The number of ether oxygens (including phenoxy) is 1. The van der Waals surface area contributed by atoms with Gasteiger partial charge in [-0.3, -0.25) is 0 Å². The van der Waals surface area contributed by atoms with Crippen LogP contribution in [0.2, 0.25) is 0 Å². The molecule has 1 unspecified atom stereocenters. The van der Waals surface area contributed by atoms with Crippen molar-refractivity contribution in [2.24, 2.45) is 0 Å². The second kappa shape index (κ2) is 6.62. The summed E-state index contributed by atoms with van der Waals surface area (Å²) >= 11 is 0. The van der Waals surface area contributed by atoms with Gasteiger partial charge in [0, 0.05) is 19.6 Å². The van der Waals surface area contributed by atoms with Gasteiger partial charge in [-0.15, -0.1) is 0 Å². The Bertz CT molecular complexity index is 218. The van der Waals surface area contributed by atoms with Crippen LogP contribution in [0.5, 0.6) is 0 Å². The molecule has 14 heavy (non-hydrogen) atoms. The molecule has 0 aliphatic heterocycles. The molecule has 3 heteroatoms. The highest BCUT2D eigenvalue weighted by molar-refractivity contribution is 4.99. The number of rotatable bonds is 7. The van der Waals surface area contributed by atoms with Crippen molar-refractivity contribution in [1.29, 1.82) is 0 Å². The summed E-state index contributed by atoms with van der Waals surface area (Å²) in [7, 11) is 0. The SMILES string of the molecule is CCOCCCC(O)Cc1ccco1. The molecule has 0 spiro atoms. The van der Waals surface area contributed by atoms with Crippen molar-refractivity contribution < 1.29 is 14.3 Å². The van der Waals surface area contributed by atoms with E-state index in [1.54, 1.807) is 6.26 Å². The predicted octanol–water partition coefficient (Wildman–Crippen LogP) is 2.00. The van der Waals surface area contributed by atoms with Gasteiger partial charge in [0.2, 0.25) is 0 Å². The number of aliphatic hydroxyl groups is 1. The zero-order chi connectivity index (χ0) is 10.2. The Morgan fingerprint density at radius 2 is 2.43 bits per heavy atom. The predicted molar refractivity (Wildman–Crippen MR) is 54.1 cm³/mol. The van der Waals surface area contributed by atoms with E-state index in [-0.39, 0.29) is 6.10 Å². The van der Waals surface area contributed by atoms with Gasteiger partial charge in [0.05, 0.1) is 12.4 Å². The van der Waals surface area contributed by atoms with Crippen LogP contribution in [0.4, 0.5) is 0 Å². The van der Waals surface area contributed by atoms with Gasteiger partial charge in [-0.1, -0.05) is 0 Å². The zero-order valence-electron chi connectivity index (χ0n) is 8.61. The highest BCUT2D eigenvalue weighted by Crippen LogP contribution is 2.08. The van der Waals surface area contributed by atoms with Crippen molar-refractivity contribution in [2.75, 3.05) is 13.2 Å². The fourth-order valence-corrected chi connectivity index (χ4v) is 1.33. The monoisotopic (exact) mass is 198 g/mol. The number of hydrogen-bond donors (Lipinski definition) is 1. The fraction of sp³-hybridized carbons (Fsp3) is 0.636. The average molecular weight is 198 g/mol. The van der Waals surface area contributed by atoms with Crippen molar-refractivity contribution in [1.82, 2.24) is 0 Å². The Morgan fingerprint density at radius 1 is 1.57 bits per heavy atom. The molecular weight excluding hydrogens is 180 g/mol. The molecule has 0 bridgehead atoms. The first-order chi connectivity index (χ1) is 6.83. The van der Waals surface area contributed by atoms with Gasteiger partial charge >= 0.3 is 0 Å². The molecule has 1 aromatic heterocycles. The molecule has 0 saturated heterocycles. The first-order valence-electron chi connectivity index (χ1n) is 5.11. The molecule has 1 aromatic rings. The minimum Gasteiger partial charge on any atom is -0.469 e. The number of aliphatic hydroxyl groups excluding tert-OH is 1. The Balaban J connectivity index is 2.07. The van der Waals surface area contributed by atoms with Crippen LogP contribution in [0.1, 0.15) is 25.5 Å². The zero-order valence-corrected chi connectivity index (χ0v) is 8.61. The van der Waals surface area contributed by atoms with E-state index in [4.69, 9.17) is 9.15 Å². The third-order valence-corrected chi connectivity index (χ3v) is 2.05. The lowest BCUT2D eigenvalue weighted by atomic mass is 10.1. The van der Waals surface area contributed by atoms with E-state index in [9.17, 15) is 5.11 Å². The molecule has 0 radical (unpaired) electrons. The minimum atomic E-state index is -0.318. The van der Waals surface area contributed by atoms with E-state index in [1.165, 1.54) is 0 Å². The van der Waals surface area contributed by atoms with Crippen molar-refractivity contribution in [3.63, 3.8) is 0 Å². The van der Waals surface area contributed by atoms with E-state index in [1.807, 2.05) is 19.1 Å². The van der Waals surface area contributed by atoms with Crippen LogP contribution in [-0.4, -0.2) is 24.4 Å². The third-order valence-electron chi connectivity index (χ3n) is 2.05. The summed E-state index contributed by atoms with van der Waals surface area (Å²) in [5, 5.41) is 9.60. The quantitative estimate of drug-likeness (QED) is 0.681. The van der Waals surface area contributed by atoms with Crippen LogP contribution in [0.25, 0.3) is 0 Å². The standard InChI is InChI=1S/C11H18O3/c1-2-13-7-3-5-10(12)9-11-6-4-8-14-11/h4,6,8,10,12H,2-3,5,7,9H2,1H3. The maximum absolute atomic E-state index is 9.60. The molecule has 1 N–H and O–H groups in total. The van der Waals surface area contributed by atoms with E-state index in [2.05, 4.69) is 0 Å². The van der Waals surface area contributed by atoms with Gasteiger partial charge in [0.15, 0.2) is 0 Å². The van der Waals surface area contributed by atoms with E-state index >= 15 is 0 Å². The Kier molecular flexibility index (Phi) is 5.33. The first-order valence-corrected chi connectivity index (χ1v) is 5.11. The van der Waals surface area contributed by atoms with Crippen molar-refractivity contribution in [3.8, 4) is 0 Å².